The Hall–Kier alpha value is -4.41. The maximum atomic E-state index is 13.0. The molecule has 222 valence electrons. The molecule has 42 heavy (non-hydrogen) atoms. The van der Waals surface area contributed by atoms with Gasteiger partial charge in [0.15, 0.2) is 0 Å². The third kappa shape index (κ3) is 9.05. The van der Waals surface area contributed by atoms with Crippen molar-refractivity contribution in [2.75, 3.05) is 50.6 Å². The van der Waals surface area contributed by atoms with Crippen molar-refractivity contribution >= 4 is 29.3 Å². The monoisotopic (exact) mass is 574 g/mol. The Morgan fingerprint density at radius 3 is 2.14 bits per heavy atom. The van der Waals surface area contributed by atoms with Gasteiger partial charge in [-0.1, -0.05) is 36.4 Å². The van der Waals surface area contributed by atoms with Gasteiger partial charge >= 0.3 is 6.09 Å². The second kappa shape index (κ2) is 14.0. The van der Waals surface area contributed by atoms with Gasteiger partial charge < -0.3 is 30.2 Å². The Morgan fingerprint density at radius 2 is 1.52 bits per heavy atom. The number of hydrogen-bond acceptors (Lipinski definition) is 7. The van der Waals surface area contributed by atoms with Crippen molar-refractivity contribution < 1.29 is 28.6 Å². The van der Waals surface area contributed by atoms with Crippen LogP contribution in [0.25, 0.3) is 11.1 Å². The van der Waals surface area contributed by atoms with E-state index < -0.39 is 11.7 Å². The predicted molar refractivity (Wildman–Crippen MR) is 162 cm³/mol. The van der Waals surface area contributed by atoms with Gasteiger partial charge in [-0.25, -0.2) is 4.79 Å². The van der Waals surface area contributed by atoms with Crippen LogP contribution in [0, 0.1) is 0 Å². The molecule has 3 amide bonds. The van der Waals surface area contributed by atoms with E-state index in [0.717, 1.165) is 16.7 Å². The standard InChI is InChI=1S/C32H38N4O6/c1-32(2,3)42-31(39)33-20-22-5-7-23(8-6-22)24-9-11-25(12-10-24)30(38)34-26-13-14-28(40-4)27(19-26)35-29(37)21-36-15-17-41-18-16-36/h5-14,19H,15-18,20-21H2,1-4H3,(H,33,39)(H,34,38)(H,35,37). The van der Waals surface area contributed by atoms with Crippen LogP contribution in [-0.4, -0.2) is 68.4 Å². The number of hydrogen-bond donors (Lipinski definition) is 3. The molecule has 1 fully saturated rings. The summed E-state index contributed by atoms with van der Waals surface area (Å²) in [7, 11) is 1.53. The largest absolute Gasteiger partial charge is 0.495 e. The van der Waals surface area contributed by atoms with Crippen LogP contribution in [0.5, 0.6) is 5.75 Å². The molecule has 0 radical (unpaired) electrons. The number of morpholine rings is 1. The minimum Gasteiger partial charge on any atom is -0.495 e. The summed E-state index contributed by atoms with van der Waals surface area (Å²) in [5.41, 5.74) is 3.83. The van der Waals surface area contributed by atoms with Gasteiger partial charge in [0.1, 0.15) is 11.4 Å². The van der Waals surface area contributed by atoms with E-state index >= 15 is 0 Å². The Bertz CT molecular complexity index is 1380. The van der Waals surface area contributed by atoms with Gasteiger partial charge in [-0.3, -0.25) is 14.5 Å². The highest BCUT2D eigenvalue weighted by molar-refractivity contribution is 6.05. The zero-order valence-electron chi connectivity index (χ0n) is 24.5. The first-order chi connectivity index (χ1) is 20.1. The number of methoxy groups -OCH3 is 1. The molecule has 1 aliphatic heterocycles. The zero-order valence-corrected chi connectivity index (χ0v) is 24.5. The number of benzene rings is 3. The number of anilines is 2. The van der Waals surface area contributed by atoms with Crippen LogP contribution in [0.2, 0.25) is 0 Å². The molecule has 0 spiro atoms. The molecule has 1 heterocycles. The molecule has 0 saturated carbocycles. The highest BCUT2D eigenvalue weighted by atomic mass is 16.6. The van der Waals surface area contributed by atoms with E-state index in [1.807, 2.05) is 62.1 Å². The molecule has 0 unspecified atom stereocenters. The fourth-order valence-electron chi connectivity index (χ4n) is 4.36. The van der Waals surface area contributed by atoms with Crippen molar-refractivity contribution in [3.05, 3.63) is 77.9 Å². The highest BCUT2D eigenvalue weighted by Crippen LogP contribution is 2.28. The van der Waals surface area contributed by atoms with Crippen LogP contribution in [0.1, 0.15) is 36.7 Å². The highest BCUT2D eigenvalue weighted by Gasteiger charge is 2.17. The molecule has 1 saturated heterocycles. The summed E-state index contributed by atoms with van der Waals surface area (Å²) >= 11 is 0. The van der Waals surface area contributed by atoms with Gasteiger partial charge in [0.25, 0.3) is 5.91 Å². The SMILES string of the molecule is COc1ccc(NC(=O)c2ccc(-c3ccc(CNC(=O)OC(C)(C)C)cc3)cc2)cc1NC(=O)CN1CCOCC1. The van der Waals surface area contributed by atoms with Crippen LogP contribution in [0.4, 0.5) is 16.2 Å². The normalized spacial score (nSPS) is 13.6. The van der Waals surface area contributed by atoms with Crippen molar-refractivity contribution in [3.63, 3.8) is 0 Å². The number of alkyl carbamates (subject to hydrolysis) is 1. The van der Waals surface area contributed by atoms with Crippen LogP contribution >= 0.6 is 0 Å². The van der Waals surface area contributed by atoms with Gasteiger partial charge in [-0.2, -0.15) is 0 Å². The third-order valence-corrected chi connectivity index (χ3v) is 6.47. The van der Waals surface area contributed by atoms with Gasteiger partial charge in [0.05, 0.1) is 32.6 Å². The topological polar surface area (TPSA) is 118 Å². The summed E-state index contributed by atoms with van der Waals surface area (Å²) in [6.45, 7) is 8.71. The quantitative estimate of drug-likeness (QED) is 0.332. The molecular formula is C32H38N4O6. The lowest BCUT2D eigenvalue weighted by Crippen LogP contribution is -2.41. The average molecular weight is 575 g/mol. The molecule has 3 aromatic carbocycles. The van der Waals surface area contributed by atoms with Crippen molar-refractivity contribution in [1.82, 2.24) is 10.2 Å². The summed E-state index contributed by atoms with van der Waals surface area (Å²) in [5, 5.41) is 8.53. The van der Waals surface area contributed by atoms with E-state index in [1.54, 1.807) is 30.3 Å². The number of rotatable bonds is 9. The van der Waals surface area contributed by atoms with Gasteiger partial charge in [0, 0.05) is 30.9 Å². The molecule has 4 rings (SSSR count). The Morgan fingerprint density at radius 1 is 0.881 bits per heavy atom. The average Bonchev–Trinajstić information content (AvgIpc) is 2.96. The Labute approximate surface area is 246 Å². The lowest BCUT2D eigenvalue weighted by atomic mass is 10.0. The van der Waals surface area contributed by atoms with E-state index in [1.165, 1.54) is 7.11 Å². The molecule has 10 heteroatoms. The number of carbonyl (C=O) groups excluding carboxylic acids is 3. The molecule has 1 aliphatic rings. The molecular weight excluding hydrogens is 536 g/mol. The predicted octanol–water partition coefficient (Wildman–Crippen LogP) is 4.91. The first-order valence-electron chi connectivity index (χ1n) is 13.9. The molecule has 3 aromatic rings. The molecule has 0 aromatic heterocycles. The minimum absolute atomic E-state index is 0.165. The maximum absolute atomic E-state index is 13.0. The molecule has 10 nitrogen and oxygen atoms in total. The Kier molecular flexibility index (Phi) is 10.2. The van der Waals surface area contributed by atoms with Crippen LogP contribution in [0.3, 0.4) is 0 Å². The molecule has 0 aliphatic carbocycles. The third-order valence-electron chi connectivity index (χ3n) is 6.47. The van der Waals surface area contributed by atoms with E-state index in [2.05, 4.69) is 16.0 Å². The lowest BCUT2D eigenvalue weighted by Gasteiger charge is -2.26. The van der Waals surface area contributed by atoms with Crippen molar-refractivity contribution in [1.29, 1.82) is 0 Å². The first-order valence-corrected chi connectivity index (χ1v) is 13.9. The number of nitrogens with one attached hydrogen (secondary N) is 3. The number of nitrogens with zero attached hydrogens (tertiary/aromatic N) is 1. The molecule has 0 atom stereocenters. The van der Waals surface area contributed by atoms with Crippen molar-refractivity contribution in [3.8, 4) is 16.9 Å². The van der Waals surface area contributed by atoms with Gasteiger partial charge in [0.2, 0.25) is 5.91 Å². The minimum atomic E-state index is -0.546. The van der Waals surface area contributed by atoms with Crippen molar-refractivity contribution in [2.24, 2.45) is 0 Å². The van der Waals surface area contributed by atoms with E-state index in [9.17, 15) is 14.4 Å². The summed E-state index contributed by atoms with van der Waals surface area (Å²) in [6, 6.07) is 20.2. The second-order valence-electron chi connectivity index (χ2n) is 10.9. The lowest BCUT2D eigenvalue weighted by molar-refractivity contribution is -0.118. The molecule has 0 bridgehead atoms. The number of amides is 3. The van der Waals surface area contributed by atoms with Crippen LogP contribution in [0.15, 0.2) is 66.7 Å². The van der Waals surface area contributed by atoms with Gasteiger partial charge in [-0.05, 0) is 67.8 Å². The summed E-state index contributed by atoms with van der Waals surface area (Å²) in [4.78, 5) is 39.5. The van der Waals surface area contributed by atoms with Crippen LogP contribution in [-0.2, 0) is 20.8 Å². The summed E-state index contributed by atoms with van der Waals surface area (Å²) in [6.07, 6.45) is -0.458. The van der Waals surface area contributed by atoms with Crippen molar-refractivity contribution in [2.45, 2.75) is 32.9 Å². The van der Waals surface area contributed by atoms with E-state index in [-0.39, 0.29) is 18.4 Å². The smallest absolute Gasteiger partial charge is 0.407 e. The van der Waals surface area contributed by atoms with E-state index in [0.29, 0.717) is 55.5 Å². The van der Waals surface area contributed by atoms with E-state index in [4.69, 9.17) is 14.2 Å². The summed E-state index contributed by atoms with van der Waals surface area (Å²) in [5.74, 6) is 0.0572. The zero-order chi connectivity index (χ0) is 30.1. The van der Waals surface area contributed by atoms with Gasteiger partial charge in [-0.15, -0.1) is 0 Å². The maximum Gasteiger partial charge on any atom is 0.407 e. The second-order valence-corrected chi connectivity index (χ2v) is 10.9. The Balaban J connectivity index is 1.34. The fraction of sp³-hybridized carbons (Fsp3) is 0.344. The number of carbonyl (C=O) groups is 3. The molecule has 3 N–H and O–H groups in total. The summed E-state index contributed by atoms with van der Waals surface area (Å²) < 4.78 is 16.0. The first kappa shape index (κ1) is 30.5. The fourth-order valence-corrected chi connectivity index (χ4v) is 4.36. The number of ether oxygens (including phenoxy) is 3. The van der Waals surface area contributed by atoms with Crippen LogP contribution < -0.4 is 20.7 Å².